The van der Waals surface area contributed by atoms with Gasteiger partial charge < -0.3 is 10.4 Å². The minimum atomic E-state index is -1.19. The Morgan fingerprint density at radius 2 is 1.67 bits per heavy atom. The number of pyridine rings is 2. The molecule has 3 aromatic rings. The summed E-state index contributed by atoms with van der Waals surface area (Å²) in [5.41, 5.74) is -0.122. The van der Waals surface area contributed by atoms with E-state index in [1.54, 1.807) is 12.4 Å². The molecule has 2 aromatic heterocycles. The van der Waals surface area contributed by atoms with Gasteiger partial charge in [-0.3, -0.25) is 9.78 Å². The van der Waals surface area contributed by atoms with Crippen molar-refractivity contribution in [1.29, 1.82) is 0 Å². The molecule has 1 amide bonds. The van der Waals surface area contributed by atoms with Crippen LogP contribution in [0.25, 0.3) is 11.3 Å². The number of carbonyl (C=O) groups excluding carboxylic acids is 1. The maximum Gasteiger partial charge on any atom is 0.274 e. The standard InChI is InChI=1S/C25H24F3N3O2/c1-13-7-14(2)9-15(8-13)17-5-6-29-12-22(17)31-25(33)21-4-3-18(26)24(30-21)23-19(27)10-16(32)11-20(23)28/h3-6,10-15,32H,7-9H2,1-2H3,(H,31,33)/t13-,14?,15?/m1/s1. The number of hydrogen-bond donors (Lipinski definition) is 2. The van der Waals surface area contributed by atoms with E-state index in [2.05, 4.69) is 29.1 Å². The molecule has 1 saturated carbocycles. The number of phenolic OH excluding ortho intramolecular Hbond substituents is 1. The smallest absolute Gasteiger partial charge is 0.274 e. The van der Waals surface area contributed by atoms with Crippen LogP contribution in [0.15, 0.2) is 42.7 Å². The molecular weight excluding hydrogens is 431 g/mol. The molecule has 1 fully saturated rings. The lowest BCUT2D eigenvalue weighted by Gasteiger charge is -2.32. The molecular formula is C25H24F3N3O2. The van der Waals surface area contributed by atoms with Crippen LogP contribution in [-0.4, -0.2) is 21.0 Å². The molecule has 0 radical (unpaired) electrons. The van der Waals surface area contributed by atoms with E-state index in [0.717, 1.165) is 37.0 Å². The zero-order valence-electron chi connectivity index (χ0n) is 18.3. The third-order valence-corrected chi connectivity index (χ3v) is 6.06. The van der Waals surface area contributed by atoms with Gasteiger partial charge in [0.25, 0.3) is 5.91 Å². The van der Waals surface area contributed by atoms with E-state index >= 15 is 0 Å². The Balaban J connectivity index is 1.64. The maximum absolute atomic E-state index is 14.4. The predicted octanol–water partition coefficient (Wildman–Crippen LogP) is 6.06. The zero-order chi connectivity index (χ0) is 23.7. The third kappa shape index (κ3) is 4.84. The predicted molar refractivity (Wildman–Crippen MR) is 118 cm³/mol. The van der Waals surface area contributed by atoms with Crippen LogP contribution in [0.1, 0.15) is 55.1 Å². The van der Waals surface area contributed by atoms with Crippen LogP contribution in [-0.2, 0) is 0 Å². The molecule has 2 unspecified atom stereocenters. The van der Waals surface area contributed by atoms with E-state index in [4.69, 9.17) is 0 Å². The Kier molecular flexibility index (Phi) is 6.35. The van der Waals surface area contributed by atoms with Crippen molar-refractivity contribution in [3.63, 3.8) is 0 Å². The number of hydrogen-bond acceptors (Lipinski definition) is 4. The van der Waals surface area contributed by atoms with Crippen molar-refractivity contribution in [3.05, 3.63) is 71.4 Å². The van der Waals surface area contributed by atoms with Crippen molar-refractivity contribution < 1.29 is 23.1 Å². The van der Waals surface area contributed by atoms with E-state index in [-0.39, 0.29) is 11.6 Å². The van der Waals surface area contributed by atoms with E-state index < -0.39 is 40.4 Å². The van der Waals surface area contributed by atoms with E-state index in [9.17, 15) is 23.1 Å². The molecule has 0 bridgehead atoms. The molecule has 0 saturated heterocycles. The van der Waals surface area contributed by atoms with Crippen molar-refractivity contribution in [3.8, 4) is 17.0 Å². The van der Waals surface area contributed by atoms with Crippen LogP contribution in [0.3, 0.4) is 0 Å². The van der Waals surface area contributed by atoms with Gasteiger partial charge in [-0.05, 0) is 60.8 Å². The normalized spacial score (nSPS) is 20.5. The van der Waals surface area contributed by atoms with Crippen LogP contribution in [0, 0.1) is 29.3 Å². The molecule has 5 nitrogen and oxygen atoms in total. The monoisotopic (exact) mass is 455 g/mol. The molecule has 1 aliphatic carbocycles. The molecule has 4 rings (SSSR count). The third-order valence-electron chi connectivity index (χ3n) is 6.06. The van der Waals surface area contributed by atoms with Crippen molar-refractivity contribution in [1.82, 2.24) is 9.97 Å². The van der Waals surface area contributed by atoms with Crippen LogP contribution >= 0.6 is 0 Å². The number of anilines is 1. The van der Waals surface area contributed by atoms with Gasteiger partial charge in [-0.25, -0.2) is 18.2 Å². The molecule has 3 atom stereocenters. The number of phenols is 1. The van der Waals surface area contributed by atoms with Gasteiger partial charge in [0.05, 0.1) is 17.4 Å². The van der Waals surface area contributed by atoms with Gasteiger partial charge in [-0.2, -0.15) is 0 Å². The van der Waals surface area contributed by atoms with E-state index in [1.807, 2.05) is 6.07 Å². The van der Waals surface area contributed by atoms with Crippen molar-refractivity contribution in [2.24, 2.45) is 11.8 Å². The Bertz CT molecular complexity index is 1170. The lowest BCUT2D eigenvalue weighted by molar-refractivity contribution is 0.102. The molecule has 1 aliphatic rings. The molecule has 2 heterocycles. The first kappa shape index (κ1) is 22.8. The van der Waals surface area contributed by atoms with Gasteiger partial charge >= 0.3 is 0 Å². The highest BCUT2D eigenvalue weighted by molar-refractivity contribution is 6.03. The van der Waals surface area contributed by atoms with Crippen molar-refractivity contribution >= 4 is 11.6 Å². The largest absolute Gasteiger partial charge is 0.508 e. The summed E-state index contributed by atoms with van der Waals surface area (Å²) >= 11 is 0. The van der Waals surface area contributed by atoms with Gasteiger partial charge in [0.2, 0.25) is 0 Å². The number of nitrogens with one attached hydrogen (secondary N) is 1. The molecule has 2 N–H and O–H groups in total. The fraction of sp³-hybridized carbons (Fsp3) is 0.320. The number of benzene rings is 1. The summed E-state index contributed by atoms with van der Waals surface area (Å²) in [4.78, 5) is 21.0. The van der Waals surface area contributed by atoms with Crippen LogP contribution in [0.5, 0.6) is 5.75 Å². The number of amides is 1. The van der Waals surface area contributed by atoms with E-state index in [1.165, 1.54) is 0 Å². The average Bonchev–Trinajstić information content (AvgIpc) is 2.74. The second-order valence-electron chi connectivity index (χ2n) is 8.84. The Morgan fingerprint density at radius 1 is 1.00 bits per heavy atom. The zero-order valence-corrected chi connectivity index (χ0v) is 18.3. The first-order valence-electron chi connectivity index (χ1n) is 10.8. The van der Waals surface area contributed by atoms with Gasteiger partial charge in [0.15, 0.2) is 0 Å². The number of rotatable bonds is 4. The van der Waals surface area contributed by atoms with Gasteiger partial charge in [-0.1, -0.05) is 13.8 Å². The lowest BCUT2D eigenvalue weighted by Crippen LogP contribution is -2.21. The second-order valence-corrected chi connectivity index (χ2v) is 8.84. The lowest BCUT2D eigenvalue weighted by atomic mass is 9.74. The maximum atomic E-state index is 14.4. The number of aromatic hydroxyl groups is 1. The van der Waals surface area contributed by atoms with Crippen LogP contribution in [0.2, 0.25) is 0 Å². The first-order chi connectivity index (χ1) is 15.7. The SMILES string of the molecule is CC1CC(c2ccncc2NC(=O)c2ccc(F)c(-c3c(F)cc(O)cc3F)n2)C[C@H](C)C1. The fourth-order valence-electron chi connectivity index (χ4n) is 4.78. The fourth-order valence-corrected chi connectivity index (χ4v) is 4.78. The van der Waals surface area contributed by atoms with Crippen molar-refractivity contribution in [2.45, 2.75) is 39.0 Å². The summed E-state index contributed by atoms with van der Waals surface area (Å²) in [5.74, 6) is -3.28. The van der Waals surface area contributed by atoms with Crippen molar-refractivity contribution in [2.75, 3.05) is 5.32 Å². The number of nitrogens with zero attached hydrogens (tertiary/aromatic N) is 2. The summed E-state index contributed by atoms with van der Waals surface area (Å²) in [7, 11) is 0. The topological polar surface area (TPSA) is 75.1 Å². The van der Waals surface area contributed by atoms with Crippen LogP contribution in [0.4, 0.5) is 18.9 Å². The Morgan fingerprint density at radius 3 is 2.33 bits per heavy atom. The minimum absolute atomic E-state index is 0.210. The second kappa shape index (κ2) is 9.21. The minimum Gasteiger partial charge on any atom is -0.508 e. The quantitative estimate of drug-likeness (QED) is 0.502. The van der Waals surface area contributed by atoms with Gasteiger partial charge in [0, 0.05) is 18.3 Å². The summed E-state index contributed by atoms with van der Waals surface area (Å²) in [6, 6.07) is 5.26. The summed E-state index contributed by atoms with van der Waals surface area (Å²) < 4.78 is 42.9. The van der Waals surface area contributed by atoms with Gasteiger partial charge in [0.1, 0.15) is 34.6 Å². The molecule has 33 heavy (non-hydrogen) atoms. The summed E-state index contributed by atoms with van der Waals surface area (Å²) in [6.07, 6.45) is 6.39. The molecule has 172 valence electrons. The summed E-state index contributed by atoms with van der Waals surface area (Å²) in [6.45, 7) is 4.43. The van der Waals surface area contributed by atoms with Crippen LogP contribution < -0.4 is 5.32 Å². The molecule has 1 aromatic carbocycles. The molecule has 8 heteroatoms. The summed E-state index contributed by atoms with van der Waals surface area (Å²) in [5, 5.41) is 12.1. The highest BCUT2D eigenvalue weighted by Gasteiger charge is 2.27. The highest BCUT2D eigenvalue weighted by atomic mass is 19.1. The number of aromatic nitrogens is 2. The molecule has 0 spiro atoms. The Hall–Kier alpha value is -3.42. The Labute approximate surface area is 189 Å². The van der Waals surface area contributed by atoms with E-state index in [0.29, 0.717) is 29.7 Å². The molecule has 0 aliphatic heterocycles. The highest BCUT2D eigenvalue weighted by Crippen LogP contribution is 2.41. The van der Waals surface area contributed by atoms with Gasteiger partial charge in [-0.15, -0.1) is 0 Å². The number of halogens is 3. The average molecular weight is 455 g/mol. The first-order valence-corrected chi connectivity index (χ1v) is 10.8. The number of carbonyl (C=O) groups is 1.